The van der Waals surface area contributed by atoms with Crippen molar-refractivity contribution in [2.45, 2.75) is 25.9 Å². The monoisotopic (exact) mass is 394 g/mol. The smallest absolute Gasteiger partial charge is 0.119 e. The van der Waals surface area contributed by atoms with E-state index in [0.29, 0.717) is 6.61 Å². The van der Waals surface area contributed by atoms with Gasteiger partial charge in [-0.05, 0) is 80.9 Å². The summed E-state index contributed by atoms with van der Waals surface area (Å²) < 4.78 is 19.0. The van der Waals surface area contributed by atoms with Gasteiger partial charge in [0.05, 0.1) is 25.8 Å². The molecule has 0 unspecified atom stereocenters. The molecule has 5 nitrogen and oxygen atoms in total. The molecule has 2 aromatic carbocycles. The lowest BCUT2D eigenvalue weighted by Crippen LogP contribution is -2.21. The number of aromatic nitrogens is 1. The fourth-order valence-electron chi connectivity index (χ4n) is 4.11. The van der Waals surface area contributed by atoms with Crippen LogP contribution in [0.15, 0.2) is 48.5 Å². The van der Waals surface area contributed by atoms with Gasteiger partial charge in [0.15, 0.2) is 0 Å². The Balaban J connectivity index is 1.47. The standard InChI is InChI=1S/C24H30N2O3/c1-27-18-21-16-19-17-23(28-2)10-11-24(19)26(21)20-6-8-22(9-7-20)29-15-5-14-25-12-3-4-13-25/h6-11,16-17H,3-5,12-15,18H2,1-2H3. The molecule has 3 aromatic rings. The average molecular weight is 395 g/mol. The lowest BCUT2D eigenvalue weighted by Gasteiger charge is -2.15. The van der Waals surface area contributed by atoms with Crippen LogP contribution in [0, 0.1) is 0 Å². The van der Waals surface area contributed by atoms with Crippen molar-refractivity contribution in [2.24, 2.45) is 0 Å². The summed E-state index contributed by atoms with van der Waals surface area (Å²) in [6.07, 6.45) is 3.76. The van der Waals surface area contributed by atoms with E-state index in [0.717, 1.165) is 53.4 Å². The topological polar surface area (TPSA) is 35.9 Å². The van der Waals surface area contributed by atoms with Crippen molar-refractivity contribution in [2.75, 3.05) is 40.5 Å². The number of ether oxygens (including phenoxy) is 3. The highest BCUT2D eigenvalue weighted by atomic mass is 16.5. The van der Waals surface area contributed by atoms with E-state index < -0.39 is 0 Å². The zero-order valence-electron chi connectivity index (χ0n) is 17.4. The van der Waals surface area contributed by atoms with Crippen molar-refractivity contribution in [3.05, 3.63) is 54.2 Å². The van der Waals surface area contributed by atoms with E-state index in [1.54, 1.807) is 14.2 Å². The number of hydrogen-bond acceptors (Lipinski definition) is 4. The van der Waals surface area contributed by atoms with E-state index in [4.69, 9.17) is 14.2 Å². The molecule has 0 bridgehead atoms. The number of fused-ring (bicyclic) bond motifs is 1. The molecule has 1 aliphatic rings. The van der Waals surface area contributed by atoms with Crippen LogP contribution in [0.3, 0.4) is 0 Å². The molecule has 0 N–H and O–H groups in total. The maximum atomic E-state index is 5.96. The Bertz CT molecular complexity index is 927. The summed E-state index contributed by atoms with van der Waals surface area (Å²) in [6.45, 7) is 4.93. The van der Waals surface area contributed by atoms with Gasteiger partial charge in [-0.1, -0.05) is 0 Å². The highest BCUT2D eigenvalue weighted by Crippen LogP contribution is 2.29. The Kier molecular flexibility index (Phi) is 6.37. The Morgan fingerprint density at radius 3 is 2.38 bits per heavy atom. The van der Waals surface area contributed by atoms with Crippen molar-refractivity contribution < 1.29 is 14.2 Å². The van der Waals surface area contributed by atoms with Crippen LogP contribution in [0.2, 0.25) is 0 Å². The van der Waals surface area contributed by atoms with Crippen LogP contribution in [0.4, 0.5) is 0 Å². The number of hydrogen-bond donors (Lipinski definition) is 0. The van der Waals surface area contributed by atoms with Gasteiger partial charge < -0.3 is 23.7 Å². The second-order valence-electron chi connectivity index (χ2n) is 7.57. The predicted molar refractivity (Wildman–Crippen MR) is 116 cm³/mol. The van der Waals surface area contributed by atoms with Gasteiger partial charge >= 0.3 is 0 Å². The van der Waals surface area contributed by atoms with Gasteiger partial charge in [-0.25, -0.2) is 0 Å². The SMILES string of the molecule is COCc1cc2cc(OC)ccc2n1-c1ccc(OCCCN2CCCC2)cc1. The first-order valence-electron chi connectivity index (χ1n) is 10.4. The Morgan fingerprint density at radius 1 is 0.897 bits per heavy atom. The molecular formula is C24H30N2O3. The first-order chi connectivity index (χ1) is 14.3. The quantitative estimate of drug-likeness (QED) is 0.495. The largest absolute Gasteiger partial charge is 0.497 e. The predicted octanol–water partition coefficient (Wildman–Crippen LogP) is 4.65. The fraction of sp³-hybridized carbons (Fsp3) is 0.417. The normalized spacial score (nSPS) is 14.6. The van der Waals surface area contributed by atoms with Gasteiger partial charge in [-0.2, -0.15) is 0 Å². The minimum atomic E-state index is 0.547. The molecule has 1 fully saturated rings. The molecule has 1 aliphatic heterocycles. The Labute approximate surface area is 172 Å². The molecule has 2 heterocycles. The minimum Gasteiger partial charge on any atom is -0.497 e. The van der Waals surface area contributed by atoms with Gasteiger partial charge in [0.1, 0.15) is 11.5 Å². The summed E-state index contributed by atoms with van der Waals surface area (Å²) in [5.41, 5.74) is 3.34. The van der Waals surface area contributed by atoms with E-state index >= 15 is 0 Å². The van der Waals surface area contributed by atoms with Gasteiger partial charge in [0.2, 0.25) is 0 Å². The highest BCUT2D eigenvalue weighted by Gasteiger charge is 2.12. The lowest BCUT2D eigenvalue weighted by molar-refractivity contribution is 0.180. The van der Waals surface area contributed by atoms with Crippen molar-refractivity contribution in [3.63, 3.8) is 0 Å². The molecule has 29 heavy (non-hydrogen) atoms. The van der Waals surface area contributed by atoms with Crippen LogP contribution in [0.1, 0.15) is 25.0 Å². The van der Waals surface area contributed by atoms with Gasteiger partial charge in [0.25, 0.3) is 0 Å². The van der Waals surface area contributed by atoms with Crippen molar-refractivity contribution in [1.29, 1.82) is 0 Å². The third-order valence-electron chi connectivity index (χ3n) is 5.56. The summed E-state index contributed by atoms with van der Waals surface area (Å²) >= 11 is 0. The Hall–Kier alpha value is -2.50. The van der Waals surface area contributed by atoms with E-state index in [1.807, 2.05) is 6.07 Å². The fourth-order valence-corrected chi connectivity index (χ4v) is 4.11. The van der Waals surface area contributed by atoms with Crippen LogP contribution in [-0.4, -0.2) is 49.9 Å². The van der Waals surface area contributed by atoms with E-state index in [9.17, 15) is 0 Å². The van der Waals surface area contributed by atoms with Crippen LogP contribution in [0.5, 0.6) is 11.5 Å². The Morgan fingerprint density at radius 2 is 1.66 bits per heavy atom. The van der Waals surface area contributed by atoms with Crippen molar-refractivity contribution >= 4 is 10.9 Å². The van der Waals surface area contributed by atoms with Crippen LogP contribution < -0.4 is 9.47 Å². The first-order valence-corrected chi connectivity index (χ1v) is 10.4. The summed E-state index contributed by atoms with van der Waals surface area (Å²) in [6, 6.07) is 16.6. The molecule has 0 amide bonds. The third kappa shape index (κ3) is 4.57. The maximum absolute atomic E-state index is 5.96. The molecule has 0 spiro atoms. The second-order valence-corrected chi connectivity index (χ2v) is 7.57. The molecule has 5 heteroatoms. The van der Waals surface area contributed by atoms with E-state index in [2.05, 4.69) is 51.9 Å². The number of likely N-dealkylation sites (tertiary alicyclic amines) is 1. The van der Waals surface area contributed by atoms with Crippen molar-refractivity contribution in [1.82, 2.24) is 9.47 Å². The number of nitrogens with zero attached hydrogens (tertiary/aromatic N) is 2. The zero-order valence-corrected chi connectivity index (χ0v) is 17.4. The summed E-state index contributed by atoms with van der Waals surface area (Å²) in [7, 11) is 3.42. The van der Waals surface area contributed by atoms with E-state index in [-0.39, 0.29) is 0 Å². The molecule has 0 saturated carbocycles. The van der Waals surface area contributed by atoms with Crippen molar-refractivity contribution in [3.8, 4) is 17.2 Å². The number of rotatable bonds is 9. The number of methoxy groups -OCH3 is 2. The molecule has 1 saturated heterocycles. The third-order valence-corrected chi connectivity index (χ3v) is 5.56. The summed E-state index contributed by atoms with van der Waals surface area (Å²) in [5.74, 6) is 1.78. The van der Waals surface area contributed by atoms with Crippen LogP contribution in [-0.2, 0) is 11.3 Å². The molecule has 0 aliphatic carbocycles. The first kappa shape index (κ1) is 19.8. The van der Waals surface area contributed by atoms with Crippen LogP contribution >= 0.6 is 0 Å². The number of benzene rings is 2. The molecule has 0 atom stereocenters. The van der Waals surface area contributed by atoms with Crippen LogP contribution in [0.25, 0.3) is 16.6 Å². The average Bonchev–Trinajstić information content (AvgIpc) is 3.39. The lowest BCUT2D eigenvalue weighted by atomic mass is 10.2. The summed E-state index contributed by atoms with van der Waals surface area (Å²) in [4.78, 5) is 2.52. The maximum Gasteiger partial charge on any atom is 0.119 e. The van der Waals surface area contributed by atoms with Gasteiger partial charge in [0, 0.05) is 30.4 Å². The zero-order chi connectivity index (χ0) is 20.1. The van der Waals surface area contributed by atoms with E-state index in [1.165, 1.54) is 25.9 Å². The minimum absolute atomic E-state index is 0.547. The molecule has 1 aromatic heterocycles. The highest BCUT2D eigenvalue weighted by molar-refractivity contribution is 5.84. The molecular weight excluding hydrogens is 364 g/mol. The molecule has 0 radical (unpaired) electrons. The second kappa shape index (κ2) is 9.33. The van der Waals surface area contributed by atoms with Gasteiger partial charge in [-0.3, -0.25) is 0 Å². The molecule has 154 valence electrons. The van der Waals surface area contributed by atoms with Gasteiger partial charge in [-0.15, -0.1) is 0 Å². The summed E-state index contributed by atoms with van der Waals surface area (Å²) in [5, 5.41) is 1.14. The molecule has 4 rings (SSSR count).